The zero-order chi connectivity index (χ0) is 16.6. The Morgan fingerprint density at radius 1 is 1.25 bits per heavy atom. The maximum absolute atomic E-state index is 13.2. The molecule has 1 aromatic heterocycles. The summed E-state index contributed by atoms with van der Waals surface area (Å²) in [6, 6.07) is -0.249. The van der Waals surface area contributed by atoms with Gasteiger partial charge in [0, 0.05) is 52.2 Å². The van der Waals surface area contributed by atoms with Crippen molar-refractivity contribution in [3.8, 4) is 0 Å². The van der Waals surface area contributed by atoms with Gasteiger partial charge in [-0.15, -0.1) is 12.4 Å². The fourth-order valence-electron chi connectivity index (χ4n) is 3.82. The summed E-state index contributed by atoms with van der Waals surface area (Å²) in [5, 5.41) is 3.29. The molecule has 0 radical (unpaired) electrons. The SMILES string of the molecule is CC1CC(C)CN(S(=O)(=O)N2CCNCC2c2nccn2C)C1.Cl. The van der Waals surface area contributed by atoms with Crippen molar-refractivity contribution in [2.24, 2.45) is 18.9 Å². The van der Waals surface area contributed by atoms with Crippen LogP contribution in [0.2, 0.25) is 0 Å². The van der Waals surface area contributed by atoms with Crippen molar-refractivity contribution in [3.05, 3.63) is 18.2 Å². The molecule has 0 amide bonds. The van der Waals surface area contributed by atoms with E-state index in [0.29, 0.717) is 44.6 Å². The second-order valence-corrected chi connectivity index (χ2v) is 8.88. The standard InChI is InChI=1S/C15H27N5O2S.ClH/c1-12-8-13(2)11-19(10-12)23(21,22)20-7-4-16-9-14(20)15-17-5-6-18(15)3;/h5-6,12-14,16H,4,7-11H2,1-3H3;1H. The fraction of sp³-hybridized carbons (Fsp3) is 0.800. The van der Waals surface area contributed by atoms with Crippen LogP contribution in [0.3, 0.4) is 0 Å². The van der Waals surface area contributed by atoms with Gasteiger partial charge in [0.2, 0.25) is 0 Å². The predicted molar refractivity (Wildman–Crippen MR) is 96.2 cm³/mol. The number of aryl methyl sites for hydroxylation is 1. The molecule has 138 valence electrons. The van der Waals surface area contributed by atoms with Crippen molar-refractivity contribution in [2.75, 3.05) is 32.7 Å². The smallest absolute Gasteiger partial charge is 0.282 e. The number of nitrogens with one attached hydrogen (secondary N) is 1. The van der Waals surface area contributed by atoms with Crippen LogP contribution in [0.4, 0.5) is 0 Å². The molecule has 24 heavy (non-hydrogen) atoms. The first kappa shape index (κ1) is 19.7. The van der Waals surface area contributed by atoms with Gasteiger partial charge in [0.1, 0.15) is 5.82 Å². The van der Waals surface area contributed by atoms with Gasteiger partial charge in [-0.05, 0) is 18.3 Å². The highest BCUT2D eigenvalue weighted by Crippen LogP contribution is 2.29. The Hall–Kier alpha value is -0.670. The molecule has 9 heteroatoms. The molecule has 0 spiro atoms. The summed E-state index contributed by atoms with van der Waals surface area (Å²) in [6.45, 7) is 7.26. The lowest BCUT2D eigenvalue weighted by molar-refractivity contribution is 0.187. The summed E-state index contributed by atoms with van der Waals surface area (Å²) in [5.74, 6) is 1.60. The van der Waals surface area contributed by atoms with Crippen molar-refractivity contribution in [2.45, 2.75) is 26.3 Å². The molecule has 3 atom stereocenters. The van der Waals surface area contributed by atoms with Crippen LogP contribution in [-0.2, 0) is 17.3 Å². The van der Waals surface area contributed by atoms with Gasteiger partial charge < -0.3 is 9.88 Å². The van der Waals surface area contributed by atoms with E-state index >= 15 is 0 Å². The van der Waals surface area contributed by atoms with Crippen molar-refractivity contribution in [1.29, 1.82) is 0 Å². The average Bonchev–Trinajstić information content (AvgIpc) is 2.92. The largest absolute Gasteiger partial charge is 0.337 e. The molecule has 0 bridgehead atoms. The lowest BCUT2D eigenvalue weighted by Gasteiger charge is -2.41. The van der Waals surface area contributed by atoms with E-state index in [0.717, 1.165) is 12.2 Å². The van der Waals surface area contributed by atoms with E-state index in [-0.39, 0.29) is 18.4 Å². The minimum absolute atomic E-state index is 0. The third-order valence-corrected chi connectivity index (χ3v) is 6.79. The van der Waals surface area contributed by atoms with E-state index in [1.807, 2.05) is 17.8 Å². The number of hydrogen-bond donors (Lipinski definition) is 1. The van der Waals surface area contributed by atoms with Gasteiger partial charge in [-0.1, -0.05) is 13.8 Å². The molecule has 7 nitrogen and oxygen atoms in total. The first-order chi connectivity index (χ1) is 10.9. The van der Waals surface area contributed by atoms with Crippen LogP contribution in [0.25, 0.3) is 0 Å². The van der Waals surface area contributed by atoms with Crippen molar-refractivity contribution < 1.29 is 8.42 Å². The molecular formula is C15H28ClN5O2S. The van der Waals surface area contributed by atoms with Crippen molar-refractivity contribution >= 4 is 22.6 Å². The Balaban J connectivity index is 0.00000208. The lowest BCUT2D eigenvalue weighted by atomic mass is 9.94. The Morgan fingerprint density at radius 2 is 1.92 bits per heavy atom. The van der Waals surface area contributed by atoms with Crippen LogP contribution < -0.4 is 5.32 Å². The molecule has 0 aliphatic carbocycles. The molecule has 0 aromatic carbocycles. The van der Waals surface area contributed by atoms with Gasteiger partial charge >= 0.3 is 0 Å². The van der Waals surface area contributed by atoms with Crippen LogP contribution in [0.5, 0.6) is 0 Å². The van der Waals surface area contributed by atoms with E-state index in [9.17, 15) is 8.42 Å². The first-order valence-electron chi connectivity index (χ1n) is 8.34. The maximum Gasteiger partial charge on any atom is 0.282 e. The molecule has 2 fully saturated rings. The summed E-state index contributed by atoms with van der Waals surface area (Å²) < 4.78 is 31.7. The van der Waals surface area contributed by atoms with Gasteiger partial charge in [0.25, 0.3) is 10.2 Å². The highest BCUT2D eigenvalue weighted by Gasteiger charge is 2.40. The van der Waals surface area contributed by atoms with Crippen LogP contribution >= 0.6 is 12.4 Å². The number of nitrogens with zero attached hydrogens (tertiary/aromatic N) is 4. The Morgan fingerprint density at radius 3 is 2.50 bits per heavy atom. The summed E-state index contributed by atoms with van der Waals surface area (Å²) in [4.78, 5) is 4.38. The topological polar surface area (TPSA) is 70.5 Å². The third-order valence-electron chi connectivity index (χ3n) is 4.81. The van der Waals surface area contributed by atoms with Crippen LogP contribution in [0.15, 0.2) is 12.4 Å². The third kappa shape index (κ3) is 3.77. The number of rotatable bonds is 3. The Kier molecular flexibility index (Phi) is 6.30. The fourth-order valence-corrected chi connectivity index (χ4v) is 5.82. The molecule has 1 aromatic rings. The maximum atomic E-state index is 13.2. The van der Waals surface area contributed by atoms with E-state index in [1.54, 1.807) is 14.8 Å². The molecule has 3 heterocycles. The van der Waals surface area contributed by atoms with E-state index in [4.69, 9.17) is 0 Å². The summed E-state index contributed by atoms with van der Waals surface area (Å²) >= 11 is 0. The monoisotopic (exact) mass is 377 g/mol. The van der Waals surface area contributed by atoms with E-state index < -0.39 is 10.2 Å². The van der Waals surface area contributed by atoms with Crippen LogP contribution in [-0.4, -0.2) is 59.3 Å². The number of hydrogen-bond acceptors (Lipinski definition) is 4. The van der Waals surface area contributed by atoms with Gasteiger partial charge in [-0.25, -0.2) is 4.98 Å². The molecule has 1 N–H and O–H groups in total. The molecule has 3 rings (SSSR count). The molecular weight excluding hydrogens is 350 g/mol. The Bertz CT molecular complexity index is 640. The lowest BCUT2D eigenvalue weighted by Crippen LogP contribution is -2.56. The van der Waals surface area contributed by atoms with Gasteiger partial charge in [0.15, 0.2) is 0 Å². The minimum atomic E-state index is -3.47. The molecule has 0 saturated carbocycles. The molecule has 3 unspecified atom stereocenters. The average molecular weight is 378 g/mol. The molecule has 2 aliphatic rings. The van der Waals surface area contributed by atoms with Crippen LogP contribution in [0.1, 0.15) is 32.1 Å². The number of piperazine rings is 1. The van der Waals surface area contributed by atoms with Crippen molar-refractivity contribution in [1.82, 2.24) is 23.5 Å². The summed E-state index contributed by atoms with van der Waals surface area (Å²) in [6.07, 6.45) is 4.68. The minimum Gasteiger partial charge on any atom is -0.337 e. The number of piperidine rings is 1. The molecule has 2 aliphatic heterocycles. The highest BCUT2D eigenvalue weighted by molar-refractivity contribution is 7.86. The second kappa shape index (κ2) is 7.70. The highest BCUT2D eigenvalue weighted by atomic mass is 35.5. The van der Waals surface area contributed by atoms with Gasteiger partial charge in [0.05, 0.1) is 6.04 Å². The summed E-state index contributed by atoms with van der Waals surface area (Å²) in [5.41, 5.74) is 0. The van der Waals surface area contributed by atoms with E-state index in [2.05, 4.69) is 24.1 Å². The number of imidazole rings is 1. The second-order valence-electron chi connectivity index (χ2n) is 7.00. The first-order valence-corrected chi connectivity index (χ1v) is 9.74. The predicted octanol–water partition coefficient (Wildman–Crippen LogP) is 1.01. The van der Waals surface area contributed by atoms with E-state index in [1.165, 1.54) is 0 Å². The Labute approximate surface area is 151 Å². The van der Waals surface area contributed by atoms with Gasteiger partial charge in [-0.2, -0.15) is 17.0 Å². The summed E-state index contributed by atoms with van der Waals surface area (Å²) in [7, 11) is -1.56. The van der Waals surface area contributed by atoms with Crippen LogP contribution in [0, 0.1) is 11.8 Å². The zero-order valence-electron chi connectivity index (χ0n) is 14.6. The zero-order valence-corrected chi connectivity index (χ0v) is 16.2. The normalized spacial score (nSPS) is 30.0. The number of aromatic nitrogens is 2. The van der Waals surface area contributed by atoms with Gasteiger partial charge in [-0.3, -0.25) is 0 Å². The number of halogens is 1. The molecule has 2 saturated heterocycles. The quantitative estimate of drug-likeness (QED) is 0.853. The van der Waals surface area contributed by atoms with Crippen molar-refractivity contribution in [3.63, 3.8) is 0 Å².